The van der Waals surface area contributed by atoms with Crippen LogP contribution in [0.1, 0.15) is 37.3 Å². The van der Waals surface area contributed by atoms with Crippen molar-refractivity contribution in [1.82, 2.24) is 29.3 Å². The van der Waals surface area contributed by atoms with Crippen LogP contribution >= 0.6 is 0 Å². The number of pyridine rings is 1. The topological polar surface area (TPSA) is 85.4 Å². The number of aromatic nitrogens is 5. The summed E-state index contributed by atoms with van der Waals surface area (Å²) in [5, 5.41) is 8.08. The first-order valence-corrected chi connectivity index (χ1v) is 8.83. The molecule has 134 valence electrons. The molecule has 3 aromatic heterocycles. The normalized spacial score (nSPS) is 18.0. The standard InChI is InChI=1S/C18H20N6O2/c25-17(12-23-18(26)16-7-10-20-24(16)13-21-23)22-11-3-1-2-4-15(22)14-5-8-19-9-6-14/h5-10,13,15H,1-4,11-12H2. The fourth-order valence-corrected chi connectivity index (χ4v) is 3.54. The smallest absolute Gasteiger partial charge is 0.293 e. The Kier molecular flexibility index (Phi) is 4.47. The van der Waals surface area contributed by atoms with Crippen molar-refractivity contribution in [1.29, 1.82) is 0 Å². The minimum Gasteiger partial charge on any atom is -0.334 e. The number of carbonyl (C=O) groups excluding carboxylic acids is 1. The van der Waals surface area contributed by atoms with Gasteiger partial charge < -0.3 is 4.90 Å². The zero-order valence-electron chi connectivity index (χ0n) is 14.4. The second-order valence-corrected chi connectivity index (χ2v) is 6.49. The van der Waals surface area contributed by atoms with Crippen molar-refractivity contribution in [2.75, 3.05) is 6.54 Å². The maximum absolute atomic E-state index is 13.0. The van der Waals surface area contributed by atoms with Crippen LogP contribution < -0.4 is 5.56 Å². The van der Waals surface area contributed by atoms with Gasteiger partial charge in [0, 0.05) is 18.9 Å². The van der Waals surface area contributed by atoms with Crippen LogP contribution in [0.4, 0.5) is 0 Å². The summed E-state index contributed by atoms with van der Waals surface area (Å²) >= 11 is 0. The second-order valence-electron chi connectivity index (χ2n) is 6.49. The van der Waals surface area contributed by atoms with Crippen molar-refractivity contribution in [2.45, 2.75) is 38.3 Å². The monoisotopic (exact) mass is 352 g/mol. The zero-order valence-corrected chi connectivity index (χ0v) is 14.4. The van der Waals surface area contributed by atoms with Gasteiger partial charge in [-0.25, -0.2) is 9.20 Å². The van der Waals surface area contributed by atoms with Gasteiger partial charge in [-0.15, -0.1) is 0 Å². The van der Waals surface area contributed by atoms with Gasteiger partial charge in [0.2, 0.25) is 5.91 Å². The van der Waals surface area contributed by atoms with Crippen molar-refractivity contribution in [2.24, 2.45) is 0 Å². The Bertz CT molecular complexity index is 964. The summed E-state index contributed by atoms with van der Waals surface area (Å²) in [6.07, 6.45) is 10.6. The highest BCUT2D eigenvalue weighted by molar-refractivity contribution is 5.76. The molecule has 26 heavy (non-hydrogen) atoms. The first kappa shape index (κ1) is 16.4. The molecule has 1 fully saturated rings. The van der Waals surface area contributed by atoms with E-state index >= 15 is 0 Å². The first-order chi connectivity index (χ1) is 12.7. The van der Waals surface area contributed by atoms with Gasteiger partial charge in [-0.1, -0.05) is 12.8 Å². The van der Waals surface area contributed by atoms with Gasteiger partial charge in [-0.3, -0.25) is 14.6 Å². The molecule has 0 bridgehead atoms. The van der Waals surface area contributed by atoms with E-state index in [1.807, 2.05) is 17.0 Å². The van der Waals surface area contributed by atoms with E-state index < -0.39 is 0 Å². The highest BCUT2D eigenvalue weighted by atomic mass is 16.2. The molecular formula is C18H20N6O2. The number of hydrogen-bond acceptors (Lipinski definition) is 5. The summed E-state index contributed by atoms with van der Waals surface area (Å²) in [6.45, 7) is 0.623. The molecule has 1 unspecified atom stereocenters. The molecule has 4 rings (SSSR count). The number of rotatable bonds is 3. The van der Waals surface area contributed by atoms with E-state index in [0.29, 0.717) is 12.1 Å². The predicted octanol–water partition coefficient (Wildman–Crippen LogP) is 1.43. The Morgan fingerprint density at radius 3 is 2.77 bits per heavy atom. The highest BCUT2D eigenvalue weighted by Crippen LogP contribution is 2.29. The van der Waals surface area contributed by atoms with Crippen molar-refractivity contribution >= 4 is 11.4 Å². The minimum atomic E-state index is -0.311. The van der Waals surface area contributed by atoms with E-state index in [2.05, 4.69) is 15.2 Å². The third kappa shape index (κ3) is 3.10. The quantitative estimate of drug-likeness (QED) is 0.712. The largest absolute Gasteiger partial charge is 0.334 e. The van der Waals surface area contributed by atoms with E-state index in [1.54, 1.807) is 24.7 Å². The molecule has 0 spiro atoms. The number of amides is 1. The van der Waals surface area contributed by atoms with Crippen molar-refractivity contribution in [3.63, 3.8) is 0 Å². The lowest BCUT2D eigenvalue weighted by molar-refractivity contribution is -0.134. The molecule has 4 heterocycles. The highest BCUT2D eigenvalue weighted by Gasteiger charge is 2.27. The summed E-state index contributed by atoms with van der Waals surface area (Å²) in [7, 11) is 0. The molecule has 0 aliphatic carbocycles. The number of nitrogens with zero attached hydrogens (tertiary/aromatic N) is 6. The molecule has 0 saturated carbocycles. The fourth-order valence-electron chi connectivity index (χ4n) is 3.54. The lowest BCUT2D eigenvalue weighted by Gasteiger charge is -2.30. The van der Waals surface area contributed by atoms with Gasteiger partial charge in [0.1, 0.15) is 18.4 Å². The Hall–Kier alpha value is -3.03. The molecule has 1 aliphatic heterocycles. The molecule has 0 N–H and O–H groups in total. The number of likely N-dealkylation sites (tertiary alicyclic amines) is 1. The van der Waals surface area contributed by atoms with Gasteiger partial charge in [-0.2, -0.15) is 10.2 Å². The Balaban J connectivity index is 1.61. The molecule has 8 nitrogen and oxygen atoms in total. The van der Waals surface area contributed by atoms with Crippen LogP contribution in [0.15, 0.2) is 47.9 Å². The van der Waals surface area contributed by atoms with Gasteiger partial charge in [-0.05, 0) is 36.6 Å². The van der Waals surface area contributed by atoms with E-state index in [9.17, 15) is 9.59 Å². The SMILES string of the molecule is O=C(Cn1ncn2nccc2c1=O)N1CCCCCC1c1ccncc1. The molecule has 1 saturated heterocycles. The third-order valence-corrected chi connectivity index (χ3v) is 4.87. The van der Waals surface area contributed by atoms with Crippen molar-refractivity contribution < 1.29 is 4.79 Å². The lowest BCUT2D eigenvalue weighted by atomic mass is 10.0. The molecule has 0 radical (unpaired) electrons. The summed E-state index contributed by atoms with van der Waals surface area (Å²) in [4.78, 5) is 31.5. The summed E-state index contributed by atoms with van der Waals surface area (Å²) < 4.78 is 2.63. The van der Waals surface area contributed by atoms with Gasteiger partial charge in [0.05, 0.1) is 12.2 Å². The molecule has 1 atom stereocenters. The summed E-state index contributed by atoms with van der Waals surface area (Å²) in [6, 6.07) is 5.55. The van der Waals surface area contributed by atoms with E-state index in [0.717, 1.165) is 31.2 Å². The van der Waals surface area contributed by atoms with E-state index in [-0.39, 0.29) is 24.1 Å². The van der Waals surface area contributed by atoms with E-state index in [4.69, 9.17) is 0 Å². The maximum Gasteiger partial charge on any atom is 0.293 e. The summed E-state index contributed by atoms with van der Waals surface area (Å²) in [5.41, 5.74) is 1.18. The van der Waals surface area contributed by atoms with Gasteiger partial charge in [0.25, 0.3) is 5.56 Å². The number of carbonyl (C=O) groups is 1. The summed E-state index contributed by atoms with van der Waals surface area (Å²) in [5.74, 6) is -0.0906. The Labute approximate surface area is 150 Å². The Morgan fingerprint density at radius 1 is 1.08 bits per heavy atom. The van der Waals surface area contributed by atoms with Gasteiger partial charge in [0.15, 0.2) is 0 Å². The lowest BCUT2D eigenvalue weighted by Crippen LogP contribution is -2.40. The molecular weight excluding hydrogens is 332 g/mol. The van der Waals surface area contributed by atoms with Crippen LogP contribution in [-0.4, -0.2) is 41.7 Å². The zero-order chi connectivity index (χ0) is 17.9. The third-order valence-electron chi connectivity index (χ3n) is 4.87. The molecule has 0 aromatic carbocycles. The van der Waals surface area contributed by atoms with Crippen LogP contribution in [-0.2, 0) is 11.3 Å². The van der Waals surface area contributed by atoms with Crippen LogP contribution in [0.2, 0.25) is 0 Å². The minimum absolute atomic E-state index is 0.0161. The average Bonchev–Trinajstić information content (AvgIpc) is 3.01. The Morgan fingerprint density at radius 2 is 1.92 bits per heavy atom. The second kappa shape index (κ2) is 7.07. The van der Waals surface area contributed by atoms with Crippen LogP contribution in [0.25, 0.3) is 5.52 Å². The van der Waals surface area contributed by atoms with Crippen LogP contribution in [0.5, 0.6) is 0 Å². The maximum atomic E-state index is 13.0. The van der Waals surface area contributed by atoms with Crippen LogP contribution in [0, 0.1) is 0 Å². The molecule has 8 heteroatoms. The molecule has 1 aliphatic rings. The van der Waals surface area contributed by atoms with Crippen molar-refractivity contribution in [3.05, 3.63) is 59.0 Å². The van der Waals surface area contributed by atoms with E-state index in [1.165, 1.54) is 15.5 Å². The fraction of sp³-hybridized carbons (Fsp3) is 0.389. The molecule has 1 amide bonds. The predicted molar refractivity (Wildman–Crippen MR) is 94.4 cm³/mol. The average molecular weight is 352 g/mol. The van der Waals surface area contributed by atoms with Crippen molar-refractivity contribution in [3.8, 4) is 0 Å². The van der Waals surface area contributed by atoms with Crippen LogP contribution in [0.3, 0.4) is 0 Å². The molecule has 3 aromatic rings. The van der Waals surface area contributed by atoms with Gasteiger partial charge >= 0.3 is 0 Å². The first-order valence-electron chi connectivity index (χ1n) is 8.83. The number of hydrogen-bond donors (Lipinski definition) is 0. The number of fused-ring (bicyclic) bond motifs is 1.